The van der Waals surface area contributed by atoms with Crippen molar-refractivity contribution in [2.75, 3.05) is 0 Å². The predicted molar refractivity (Wildman–Crippen MR) is 100 cm³/mol. The molecule has 0 unspecified atom stereocenters. The van der Waals surface area contributed by atoms with E-state index in [0.29, 0.717) is 0 Å². The first kappa shape index (κ1) is 18.6. The van der Waals surface area contributed by atoms with Crippen molar-refractivity contribution in [2.24, 2.45) is 5.73 Å². The van der Waals surface area contributed by atoms with Crippen molar-refractivity contribution >= 4 is 46.1 Å². The van der Waals surface area contributed by atoms with Crippen LogP contribution in [-0.2, 0) is 0 Å². The third-order valence-electron chi connectivity index (χ3n) is 3.39. The van der Waals surface area contributed by atoms with Gasteiger partial charge in [-0.3, -0.25) is 4.79 Å². The Morgan fingerprint density at radius 3 is 2.08 bits per heavy atom. The number of carbonyl (C=O) groups is 1. The Balaban J connectivity index is 0.000000181. The fraction of sp³-hybridized carbons (Fsp3) is 0. The van der Waals surface area contributed by atoms with Crippen molar-refractivity contribution in [1.29, 1.82) is 5.41 Å². The topological polar surface area (TPSA) is 107 Å². The van der Waals surface area contributed by atoms with Crippen molar-refractivity contribution < 1.29 is 15.0 Å². The molecule has 5 nitrogen and oxygen atoms in total. The van der Waals surface area contributed by atoms with Crippen LogP contribution in [0.15, 0.2) is 48.5 Å². The van der Waals surface area contributed by atoms with Gasteiger partial charge in [-0.25, -0.2) is 0 Å². The van der Waals surface area contributed by atoms with Gasteiger partial charge in [-0.1, -0.05) is 47.5 Å². The van der Waals surface area contributed by atoms with Crippen molar-refractivity contribution in [3.63, 3.8) is 0 Å². The zero-order valence-corrected chi connectivity index (χ0v) is 14.3. The van der Waals surface area contributed by atoms with E-state index in [9.17, 15) is 9.90 Å². The van der Waals surface area contributed by atoms with Gasteiger partial charge in [0.25, 0.3) is 0 Å². The Morgan fingerprint density at radius 2 is 1.56 bits per heavy atom. The lowest BCUT2D eigenvalue weighted by Gasteiger charge is -2.02. The number of hydrogen-bond donors (Lipinski definition) is 4. The molecule has 128 valence electrons. The molecule has 1 amide bonds. The normalized spacial score (nSPS) is 10.0. The second-order valence-electron chi connectivity index (χ2n) is 5.02. The van der Waals surface area contributed by atoms with E-state index in [1.165, 1.54) is 18.3 Å². The Bertz CT molecular complexity index is 935. The highest BCUT2D eigenvalue weighted by atomic mass is 35.5. The lowest BCUT2D eigenvalue weighted by Crippen LogP contribution is -2.10. The predicted octanol–water partition coefficient (Wildman–Crippen LogP) is 4.34. The lowest BCUT2D eigenvalue weighted by molar-refractivity contribution is 0.100. The smallest absolute Gasteiger partial charge is 0.248 e. The van der Waals surface area contributed by atoms with E-state index < -0.39 is 5.91 Å². The largest absolute Gasteiger partial charge is 0.507 e. The second-order valence-corrected chi connectivity index (χ2v) is 5.83. The van der Waals surface area contributed by atoms with Gasteiger partial charge in [0.15, 0.2) is 5.75 Å². The average molecular weight is 377 g/mol. The number of carbonyl (C=O) groups excluding carboxylic acids is 1. The number of aromatic hydroxyl groups is 2. The third-order valence-corrected chi connectivity index (χ3v) is 3.97. The summed E-state index contributed by atoms with van der Waals surface area (Å²) in [5.74, 6) is -0.622. The number of nitrogens with one attached hydrogen (secondary N) is 1. The molecule has 0 aliphatic rings. The number of amides is 1. The van der Waals surface area contributed by atoms with Crippen LogP contribution in [0.1, 0.15) is 15.9 Å². The Labute approximate surface area is 153 Å². The molecule has 5 N–H and O–H groups in total. The number of hydrogen-bond acceptors (Lipinski definition) is 4. The number of fused-ring (bicyclic) bond motifs is 1. The van der Waals surface area contributed by atoms with Gasteiger partial charge in [0, 0.05) is 22.7 Å². The Hall–Kier alpha value is -2.76. The molecule has 0 saturated carbocycles. The lowest BCUT2D eigenvalue weighted by atomic mass is 10.0. The minimum Gasteiger partial charge on any atom is -0.507 e. The fourth-order valence-electron chi connectivity index (χ4n) is 2.14. The van der Waals surface area contributed by atoms with E-state index in [0.717, 1.165) is 16.3 Å². The van der Waals surface area contributed by atoms with Gasteiger partial charge in [0.05, 0.1) is 10.0 Å². The molecule has 0 radical (unpaired) electrons. The van der Waals surface area contributed by atoms with Gasteiger partial charge in [-0.15, -0.1) is 0 Å². The van der Waals surface area contributed by atoms with Gasteiger partial charge >= 0.3 is 0 Å². The summed E-state index contributed by atoms with van der Waals surface area (Å²) in [5.41, 5.74) is 5.96. The minimum absolute atomic E-state index is 0.0105. The molecule has 7 heteroatoms. The number of primary amides is 1. The first-order valence-corrected chi connectivity index (χ1v) is 7.79. The summed E-state index contributed by atoms with van der Waals surface area (Å²) < 4.78 is 0. The summed E-state index contributed by atoms with van der Waals surface area (Å²) in [6, 6.07) is 13.4. The molecule has 0 saturated heterocycles. The summed E-state index contributed by atoms with van der Waals surface area (Å²) in [4.78, 5) is 10.6. The van der Waals surface area contributed by atoms with Crippen molar-refractivity contribution in [2.45, 2.75) is 0 Å². The Kier molecular flexibility index (Phi) is 5.85. The van der Waals surface area contributed by atoms with Crippen LogP contribution in [0.2, 0.25) is 10.0 Å². The maximum atomic E-state index is 10.6. The van der Waals surface area contributed by atoms with E-state index in [-0.39, 0.29) is 27.1 Å². The summed E-state index contributed by atoms with van der Waals surface area (Å²) in [7, 11) is 0. The number of halogens is 2. The standard InChI is InChI=1S/C11H9NO.C7H5Cl2NO2/c12-7-8-5-6-11(13)10-4-2-1-3-9(8)10;8-4-1-3(7(10)12)2-5(9)6(4)11/h1-7,12-13H;1-2,11H,(H2,10,12). The number of phenols is 2. The van der Waals surface area contributed by atoms with Crippen LogP contribution < -0.4 is 5.73 Å². The number of nitrogens with two attached hydrogens (primary N) is 1. The SMILES string of the molecule is N=Cc1ccc(O)c2ccccc12.NC(=O)c1cc(Cl)c(O)c(Cl)c1. The van der Waals surface area contributed by atoms with E-state index in [1.54, 1.807) is 12.1 Å². The van der Waals surface area contributed by atoms with Crippen molar-refractivity contribution in [3.8, 4) is 11.5 Å². The van der Waals surface area contributed by atoms with Crippen molar-refractivity contribution in [3.05, 3.63) is 69.7 Å². The van der Waals surface area contributed by atoms with E-state index in [4.69, 9.17) is 39.5 Å². The maximum absolute atomic E-state index is 10.6. The highest BCUT2D eigenvalue weighted by Crippen LogP contribution is 2.32. The third kappa shape index (κ3) is 4.21. The van der Waals surface area contributed by atoms with Gasteiger partial charge in [0.1, 0.15) is 5.75 Å². The van der Waals surface area contributed by atoms with Crippen LogP contribution in [0.4, 0.5) is 0 Å². The molecule has 0 atom stereocenters. The highest BCUT2D eigenvalue weighted by Gasteiger charge is 2.09. The highest BCUT2D eigenvalue weighted by molar-refractivity contribution is 6.37. The van der Waals surface area contributed by atoms with E-state index in [1.807, 2.05) is 24.3 Å². The number of rotatable bonds is 2. The van der Waals surface area contributed by atoms with E-state index >= 15 is 0 Å². The molecule has 0 aromatic heterocycles. The maximum Gasteiger partial charge on any atom is 0.248 e. The van der Waals surface area contributed by atoms with Crippen molar-refractivity contribution in [1.82, 2.24) is 0 Å². The van der Waals surface area contributed by atoms with Gasteiger partial charge in [0.2, 0.25) is 5.91 Å². The number of phenolic OH excluding ortho intramolecular Hbond substituents is 2. The van der Waals surface area contributed by atoms with Crippen LogP contribution in [0, 0.1) is 5.41 Å². The molecule has 0 heterocycles. The molecule has 0 fully saturated rings. The monoisotopic (exact) mass is 376 g/mol. The molecule has 25 heavy (non-hydrogen) atoms. The zero-order chi connectivity index (χ0) is 18.6. The van der Waals surface area contributed by atoms with Crippen LogP contribution in [0.25, 0.3) is 10.8 Å². The summed E-state index contributed by atoms with van der Waals surface area (Å²) in [6.07, 6.45) is 1.29. The first-order chi connectivity index (χ1) is 11.8. The molecule has 0 aliphatic carbocycles. The van der Waals surface area contributed by atoms with Gasteiger partial charge < -0.3 is 21.4 Å². The number of benzene rings is 3. The fourth-order valence-corrected chi connectivity index (χ4v) is 2.63. The summed E-state index contributed by atoms with van der Waals surface area (Å²) in [5, 5.41) is 27.5. The van der Waals surface area contributed by atoms with E-state index in [2.05, 4.69) is 0 Å². The molecular formula is C18H14Cl2N2O3. The molecule has 3 aromatic carbocycles. The molecule has 3 rings (SSSR count). The van der Waals surface area contributed by atoms with Crippen LogP contribution >= 0.6 is 23.2 Å². The zero-order valence-electron chi connectivity index (χ0n) is 12.8. The van der Waals surface area contributed by atoms with Crippen LogP contribution in [0.5, 0.6) is 11.5 Å². The quantitative estimate of drug-likeness (QED) is 0.499. The van der Waals surface area contributed by atoms with Crippen LogP contribution in [0.3, 0.4) is 0 Å². The van der Waals surface area contributed by atoms with Crippen LogP contribution in [-0.4, -0.2) is 22.3 Å². The molecule has 3 aromatic rings. The van der Waals surface area contributed by atoms with Gasteiger partial charge in [-0.05, 0) is 29.7 Å². The first-order valence-electron chi connectivity index (χ1n) is 7.04. The summed E-state index contributed by atoms with van der Waals surface area (Å²) >= 11 is 11.0. The molecule has 0 aliphatic heterocycles. The summed E-state index contributed by atoms with van der Waals surface area (Å²) in [6.45, 7) is 0. The molecule has 0 spiro atoms. The minimum atomic E-state index is -0.640. The second kappa shape index (κ2) is 7.88. The Morgan fingerprint density at radius 1 is 1.00 bits per heavy atom. The molecule has 0 bridgehead atoms. The van der Waals surface area contributed by atoms with Gasteiger partial charge in [-0.2, -0.15) is 0 Å². The average Bonchev–Trinajstić information content (AvgIpc) is 2.60. The molecular weight excluding hydrogens is 363 g/mol.